The van der Waals surface area contributed by atoms with Gasteiger partial charge in [-0.1, -0.05) is 133 Å². The predicted molar refractivity (Wildman–Crippen MR) is 227 cm³/mol. The molecule has 3 nitrogen and oxygen atoms in total. The lowest BCUT2D eigenvalue weighted by Gasteiger charge is -2.25. The van der Waals surface area contributed by atoms with Crippen LogP contribution >= 0.6 is 0 Å². The maximum absolute atomic E-state index is 6.18. The molecule has 0 atom stereocenters. The molecule has 0 fully saturated rings. The van der Waals surface area contributed by atoms with Crippen molar-refractivity contribution < 1.29 is 4.42 Å². The van der Waals surface area contributed by atoms with Gasteiger partial charge in [0.25, 0.3) is 0 Å². The van der Waals surface area contributed by atoms with E-state index in [0.717, 1.165) is 39.3 Å². The van der Waals surface area contributed by atoms with Gasteiger partial charge in [-0.05, 0) is 126 Å². The van der Waals surface area contributed by atoms with Gasteiger partial charge in [-0.15, -0.1) is 0 Å². The van der Waals surface area contributed by atoms with Gasteiger partial charge in [0.1, 0.15) is 16.9 Å². The minimum absolute atomic E-state index is 0.775. The van der Waals surface area contributed by atoms with E-state index in [1.165, 1.54) is 65.3 Å². The van der Waals surface area contributed by atoms with Crippen molar-refractivity contribution in [2.75, 3.05) is 4.90 Å². The van der Waals surface area contributed by atoms with Crippen LogP contribution in [0.1, 0.15) is 0 Å². The van der Waals surface area contributed by atoms with Crippen LogP contribution in [0.25, 0.3) is 87.4 Å². The number of nitrogens with zero attached hydrogens (tertiary/aromatic N) is 2. The van der Waals surface area contributed by atoms with Gasteiger partial charge in [0.2, 0.25) is 0 Å². The van der Waals surface area contributed by atoms with Crippen LogP contribution in [0.4, 0.5) is 17.2 Å². The van der Waals surface area contributed by atoms with Crippen LogP contribution in [0, 0.1) is 0 Å². The highest BCUT2D eigenvalue weighted by atomic mass is 16.3. The SMILES string of the molecule is c1ccc2c(c1)cc(-c1ccc(N(c3ccc(-c4cc5ccccc5c5ccccc45)cc3)c3ccc4oc5ccccc5c4n3)cc1)c1ccccc12. The quantitative estimate of drug-likeness (QED) is 0.169. The molecule has 11 rings (SSSR count). The van der Waals surface area contributed by atoms with E-state index in [1.54, 1.807) is 0 Å². The van der Waals surface area contributed by atoms with Gasteiger partial charge in [-0.25, -0.2) is 4.98 Å². The Bertz CT molecular complexity index is 3050. The van der Waals surface area contributed by atoms with Crippen LogP contribution in [0.3, 0.4) is 0 Å². The first kappa shape index (κ1) is 30.4. The highest BCUT2D eigenvalue weighted by Gasteiger charge is 2.18. The van der Waals surface area contributed by atoms with Crippen molar-refractivity contribution in [1.29, 1.82) is 0 Å². The van der Waals surface area contributed by atoms with Crippen molar-refractivity contribution in [2.24, 2.45) is 0 Å². The van der Waals surface area contributed by atoms with Crippen LogP contribution < -0.4 is 4.90 Å². The van der Waals surface area contributed by atoms with E-state index in [-0.39, 0.29) is 0 Å². The molecule has 0 saturated heterocycles. The largest absolute Gasteiger partial charge is 0.454 e. The minimum Gasteiger partial charge on any atom is -0.454 e. The second-order valence-corrected chi connectivity index (χ2v) is 13.9. The number of para-hydroxylation sites is 1. The topological polar surface area (TPSA) is 29.3 Å². The van der Waals surface area contributed by atoms with E-state index in [9.17, 15) is 0 Å². The zero-order chi connectivity index (χ0) is 35.6. The molecule has 0 bridgehead atoms. The lowest BCUT2D eigenvalue weighted by Crippen LogP contribution is -2.11. The Kier molecular flexibility index (Phi) is 6.86. The number of rotatable bonds is 5. The van der Waals surface area contributed by atoms with Crippen molar-refractivity contribution in [3.8, 4) is 22.3 Å². The van der Waals surface area contributed by atoms with Gasteiger partial charge in [-0.2, -0.15) is 0 Å². The highest BCUT2D eigenvalue weighted by molar-refractivity contribution is 6.15. The molecular weight excluding hydrogens is 657 g/mol. The summed E-state index contributed by atoms with van der Waals surface area (Å²) in [5.74, 6) is 0.821. The maximum atomic E-state index is 6.18. The van der Waals surface area contributed by atoms with E-state index < -0.39 is 0 Å². The molecule has 54 heavy (non-hydrogen) atoms. The van der Waals surface area contributed by atoms with Crippen molar-refractivity contribution >= 4 is 82.4 Å². The van der Waals surface area contributed by atoms with Gasteiger partial charge in [-0.3, -0.25) is 4.90 Å². The molecule has 0 aliphatic rings. The third-order valence-electron chi connectivity index (χ3n) is 10.8. The molecule has 0 saturated carbocycles. The Hall–Kier alpha value is -7.23. The fourth-order valence-electron chi connectivity index (χ4n) is 8.29. The first-order chi connectivity index (χ1) is 26.8. The highest BCUT2D eigenvalue weighted by Crippen LogP contribution is 2.41. The Balaban J connectivity index is 1.06. The summed E-state index contributed by atoms with van der Waals surface area (Å²) in [5.41, 5.74) is 9.29. The van der Waals surface area contributed by atoms with Gasteiger partial charge in [0.15, 0.2) is 5.58 Å². The summed E-state index contributed by atoms with van der Waals surface area (Å²) in [6, 6.07) is 69.3. The molecule has 252 valence electrons. The molecule has 11 aromatic rings. The molecule has 0 spiro atoms. The smallest absolute Gasteiger partial charge is 0.154 e. The average Bonchev–Trinajstić information content (AvgIpc) is 3.62. The molecule has 0 aliphatic carbocycles. The van der Waals surface area contributed by atoms with Crippen molar-refractivity contribution in [1.82, 2.24) is 4.98 Å². The van der Waals surface area contributed by atoms with E-state index in [1.807, 2.05) is 24.3 Å². The molecule has 0 amide bonds. The lowest BCUT2D eigenvalue weighted by atomic mass is 9.93. The Morgan fingerprint density at radius 2 is 0.796 bits per heavy atom. The molecule has 2 heterocycles. The van der Waals surface area contributed by atoms with Crippen molar-refractivity contribution in [3.05, 3.63) is 194 Å². The van der Waals surface area contributed by atoms with E-state index in [0.29, 0.717) is 0 Å². The van der Waals surface area contributed by atoms with Crippen LogP contribution in [0.5, 0.6) is 0 Å². The molecule has 3 heteroatoms. The standard InChI is InChI=1S/C51H32N2O/c1-3-13-39-35(11-1)31-46(43-17-7-5-15-41(39)43)33-21-25-37(26-22-33)53(50-30-29-49-51(52-50)45-19-9-10-20-48(45)54-49)38-27-23-34(24-28-38)47-32-36-12-2-4-14-40(36)42-16-6-8-18-44(42)47/h1-32H. The number of hydrogen-bond donors (Lipinski definition) is 0. The third-order valence-corrected chi connectivity index (χ3v) is 10.8. The number of anilines is 3. The number of furan rings is 1. The lowest BCUT2D eigenvalue weighted by molar-refractivity contribution is 0.668. The van der Waals surface area contributed by atoms with Gasteiger partial charge in [0, 0.05) is 16.8 Å². The number of pyridine rings is 1. The van der Waals surface area contributed by atoms with Crippen molar-refractivity contribution in [2.45, 2.75) is 0 Å². The molecule has 0 unspecified atom stereocenters. The molecule has 2 aromatic heterocycles. The normalized spacial score (nSPS) is 11.7. The van der Waals surface area contributed by atoms with Crippen LogP contribution in [0.2, 0.25) is 0 Å². The summed E-state index contributed by atoms with van der Waals surface area (Å²) in [7, 11) is 0. The number of fused-ring (bicyclic) bond motifs is 9. The van der Waals surface area contributed by atoms with Crippen LogP contribution in [0.15, 0.2) is 199 Å². The van der Waals surface area contributed by atoms with Gasteiger partial charge < -0.3 is 4.42 Å². The summed E-state index contributed by atoms with van der Waals surface area (Å²) in [6.07, 6.45) is 0. The summed E-state index contributed by atoms with van der Waals surface area (Å²) in [4.78, 5) is 7.50. The summed E-state index contributed by atoms with van der Waals surface area (Å²) >= 11 is 0. The second kappa shape index (κ2) is 12.2. The molecule has 0 aliphatic heterocycles. The zero-order valence-electron chi connectivity index (χ0n) is 29.3. The molecule has 9 aromatic carbocycles. The first-order valence-corrected chi connectivity index (χ1v) is 18.4. The second-order valence-electron chi connectivity index (χ2n) is 13.9. The predicted octanol–water partition coefficient (Wildman–Crippen LogP) is 14.4. The fourth-order valence-corrected chi connectivity index (χ4v) is 8.29. The molecular formula is C51H32N2O. The summed E-state index contributed by atoms with van der Waals surface area (Å²) in [6.45, 7) is 0. The monoisotopic (exact) mass is 688 g/mol. The third kappa shape index (κ3) is 4.87. The Morgan fingerprint density at radius 1 is 0.352 bits per heavy atom. The van der Waals surface area contributed by atoms with E-state index >= 15 is 0 Å². The zero-order valence-corrected chi connectivity index (χ0v) is 29.3. The Morgan fingerprint density at radius 3 is 1.33 bits per heavy atom. The van der Waals surface area contributed by atoms with Crippen molar-refractivity contribution in [3.63, 3.8) is 0 Å². The van der Waals surface area contributed by atoms with Crippen LogP contribution in [-0.4, -0.2) is 4.98 Å². The summed E-state index contributed by atoms with van der Waals surface area (Å²) in [5, 5.41) is 11.0. The Labute approximate surface area is 312 Å². The number of benzene rings is 9. The van der Waals surface area contributed by atoms with Gasteiger partial charge in [0.05, 0.1) is 0 Å². The number of aromatic nitrogens is 1. The molecule has 0 N–H and O–H groups in total. The maximum Gasteiger partial charge on any atom is 0.154 e. The van der Waals surface area contributed by atoms with Gasteiger partial charge >= 0.3 is 0 Å². The minimum atomic E-state index is 0.775. The number of hydrogen-bond acceptors (Lipinski definition) is 3. The summed E-state index contributed by atoms with van der Waals surface area (Å²) < 4.78 is 6.18. The first-order valence-electron chi connectivity index (χ1n) is 18.4. The molecule has 0 radical (unpaired) electrons. The van der Waals surface area contributed by atoms with E-state index in [2.05, 4.69) is 175 Å². The average molecular weight is 689 g/mol. The van der Waals surface area contributed by atoms with Crippen LogP contribution in [-0.2, 0) is 0 Å². The fraction of sp³-hybridized carbons (Fsp3) is 0. The van der Waals surface area contributed by atoms with E-state index in [4.69, 9.17) is 9.40 Å².